The van der Waals surface area contributed by atoms with Crippen LogP contribution >= 0.6 is 0 Å². The van der Waals surface area contributed by atoms with Crippen molar-refractivity contribution in [1.29, 1.82) is 0 Å². The molecule has 0 bridgehead atoms. The highest BCUT2D eigenvalue weighted by atomic mass is 14.9. The van der Waals surface area contributed by atoms with Crippen LogP contribution in [0.1, 0.15) is 0 Å². The van der Waals surface area contributed by atoms with E-state index < -0.39 is 0 Å². The number of hydrogen-bond acceptors (Lipinski definition) is 3. The second-order valence-electron chi connectivity index (χ2n) is 4.37. The van der Waals surface area contributed by atoms with Crippen LogP contribution in [0.5, 0.6) is 0 Å². The van der Waals surface area contributed by atoms with Gasteiger partial charge in [0.25, 0.3) is 0 Å². The van der Waals surface area contributed by atoms with E-state index in [2.05, 4.69) is 26.0 Å². The number of rotatable bonds is 1. The third kappa shape index (κ3) is 1.57. The third-order valence-electron chi connectivity index (χ3n) is 3.24. The first-order chi connectivity index (χ1) is 9.42. The van der Waals surface area contributed by atoms with Gasteiger partial charge in [0.05, 0.1) is 11.2 Å². The van der Waals surface area contributed by atoms with E-state index in [9.17, 15) is 0 Å². The molecule has 4 nitrogen and oxygen atoms in total. The summed E-state index contributed by atoms with van der Waals surface area (Å²) in [4.78, 5) is 16.2. The Kier molecular flexibility index (Phi) is 2.08. The number of aromatic amines is 1. The summed E-state index contributed by atoms with van der Waals surface area (Å²) in [6.45, 7) is 0. The summed E-state index contributed by atoms with van der Waals surface area (Å²) in [6.07, 6.45) is 7.19. The summed E-state index contributed by atoms with van der Waals surface area (Å²) in [7, 11) is 0. The molecule has 4 heterocycles. The number of fused-ring (bicyclic) bond motifs is 3. The smallest absolute Gasteiger partial charge is 0.139 e. The molecule has 90 valence electrons. The topological polar surface area (TPSA) is 54.5 Å². The molecule has 1 N–H and O–H groups in total. The Hall–Kier alpha value is -2.75. The summed E-state index contributed by atoms with van der Waals surface area (Å²) in [6, 6.07) is 9.98. The fraction of sp³-hybridized carbons (Fsp3) is 0. The second-order valence-corrected chi connectivity index (χ2v) is 4.37. The number of nitrogens with zero attached hydrogens (tertiary/aromatic N) is 3. The van der Waals surface area contributed by atoms with Gasteiger partial charge in [-0.05, 0) is 30.3 Å². The highest BCUT2D eigenvalue weighted by Crippen LogP contribution is 2.26. The van der Waals surface area contributed by atoms with E-state index in [4.69, 9.17) is 0 Å². The van der Waals surface area contributed by atoms with Gasteiger partial charge in [0.15, 0.2) is 0 Å². The lowest BCUT2D eigenvalue weighted by Crippen LogP contribution is -1.84. The van der Waals surface area contributed by atoms with Crippen LogP contribution in [0.3, 0.4) is 0 Å². The van der Waals surface area contributed by atoms with Gasteiger partial charge in [-0.25, -0.2) is 4.98 Å². The van der Waals surface area contributed by atoms with Gasteiger partial charge in [-0.15, -0.1) is 0 Å². The lowest BCUT2D eigenvalue weighted by molar-refractivity contribution is 1.30. The summed E-state index contributed by atoms with van der Waals surface area (Å²) in [5, 5.41) is 2.20. The zero-order valence-electron chi connectivity index (χ0n) is 10.0. The van der Waals surface area contributed by atoms with Gasteiger partial charge in [-0.3, -0.25) is 9.97 Å². The van der Waals surface area contributed by atoms with Crippen LogP contribution in [0.25, 0.3) is 33.2 Å². The Morgan fingerprint density at radius 2 is 1.63 bits per heavy atom. The highest BCUT2D eigenvalue weighted by Gasteiger charge is 2.06. The van der Waals surface area contributed by atoms with Gasteiger partial charge < -0.3 is 4.98 Å². The van der Waals surface area contributed by atoms with Crippen molar-refractivity contribution in [2.24, 2.45) is 0 Å². The van der Waals surface area contributed by atoms with Crippen molar-refractivity contribution in [1.82, 2.24) is 19.9 Å². The van der Waals surface area contributed by atoms with Gasteiger partial charge in [-0.1, -0.05) is 0 Å². The number of H-pyrrole nitrogens is 1. The minimum atomic E-state index is 0.886. The Morgan fingerprint density at radius 1 is 0.789 bits per heavy atom. The van der Waals surface area contributed by atoms with Crippen molar-refractivity contribution in [3.63, 3.8) is 0 Å². The van der Waals surface area contributed by atoms with Crippen LogP contribution in [-0.4, -0.2) is 19.9 Å². The first-order valence-electron chi connectivity index (χ1n) is 6.05. The maximum atomic E-state index is 4.67. The molecule has 0 atom stereocenters. The summed E-state index contributed by atoms with van der Waals surface area (Å²) < 4.78 is 0. The fourth-order valence-corrected chi connectivity index (χ4v) is 2.30. The van der Waals surface area contributed by atoms with Gasteiger partial charge in [0, 0.05) is 41.1 Å². The molecule has 0 aliphatic rings. The average molecular weight is 246 g/mol. The SMILES string of the molecule is c1cc(-c2ccc3c(n2)[nH]c2ccncc23)ccn1. The van der Waals surface area contributed by atoms with Gasteiger partial charge in [0.1, 0.15) is 5.65 Å². The molecule has 0 unspecified atom stereocenters. The van der Waals surface area contributed by atoms with Crippen LogP contribution in [0.4, 0.5) is 0 Å². The van der Waals surface area contributed by atoms with Crippen molar-refractivity contribution >= 4 is 21.9 Å². The molecular formula is C15H10N4. The zero-order chi connectivity index (χ0) is 12.7. The molecule has 4 rings (SSSR count). The quantitative estimate of drug-likeness (QED) is 0.561. The van der Waals surface area contributed by atoms with Crippen LogP contribution in [0.15, 0.2) is 55.1 Å². The molecular weight excluding hydrogens is 236 g/mol. The Morgan fingerprint density at radius 3 is 2.53 bits per heavy atom. The zero-order valence-corrected chi connectivity index (χ0v) is 10.0. The lowest BCUT2D eigenvalue weighted by atomic mass is 10.1. The molecule has 0 amide bonds. The highest BCUT2D eigenvalue weighted by molar-refractivity contribution is 6.05. The molecule has 0 aliphatic carbocycles. The molecule has 0 aromatic carbocycles. The van der Waals surface area contributed by atoms with Crippen LogP contribution in [0.2, 0.25) is 0 Å². The maximum absolute atomic E-state index is 4.67. The molecule has 0 saturated carbocycles. The monoisotopic (exact) mass is 246 g/mol. The summed E-state index contributed by atoms with van der Waals surface area (Å²) in [5.74, 6) is 0. The van der Waals surface area contributed by atoms with Crippen LogP contribution in [0, 0.1) is 0 Å². The molecule has 19 heavy (non-hydrogen) atoms. The van der Waals surface area contributed by atoms with Gasteiger partial charge in [0.2, 0.25) is 0 Å². The molecule has 0 spiro atoms. The van der Waals surface area contributed by atoms with E-state index in [-0.39, 0.29) is 0 Å². The minimum absolute atomic E-state index is 0.886. The van der Waals surface area contributed by atoms with E-state index in [0.29, 0.717) is 0 Å². The summed E-state index contributed by atoms with van der Waals surface area (Å²) in [5.41, 5.74) is 3.95. The molecule has 0 aliphatic heterocycles. The van der Waals surface area contributed by atoms with E-state index >= 15 is 0 Å². The molecule has 4 heteroatoms. The summed E-state index contributed by atoms with van der Waals surface area (Å²) >= 11 is 0. The predicted octanol–water partition coefficient (Wildman–Crippen LogP) is 3.17. The van der Waals surface area contributed by atoms with Crippen molar-refractivity contribution in [2.45, 2.75) is 0 Å². The fourth-order valence-electron chi connectivity index (χ4n) is 2.30. The van der Waals surface area contributed by atoms with E-state index in [1.165, 1.54) is 0 Å². The van der Waals surface area contributed by atoms with E-state index in [1.807, 2.05) is 30.5 Å². The van der Waals surface area contributed by atoms with Crippen molar-refractivity contribution in [3.05, 3.63) is 55.1 Å². The Balaban J connectivity index is 1.99. The van der Waals surface area contributed by atoms with Crippen molar-refractivity contribution < 1.29 is 0 Å². The van der Waals surface area contributed by atoms with Crippen LogP contribution < -0.4 is 0 Å². The largest absolute Gasteiger partial charge is 0.339 e. The average Bonchev–Trinajstić information content (AvgIpc) is 2.86. The van der Waals surface area contributed by atoms with Crippen molar-refractivity contribution in [3.8, 4) is 11.3 Å². The first-order valence-corrected chi connectivity index (χ1v) is 6.05. The van der Waals surface area contributed by atoms with E-state index in [1.54, 1.807) is 18.6 Å². The number of pyridine rings is 3. The number of aromatic nitrogens is 4. The molecule has 0 saturated heterocycles. The normalized spacial score (nSPS) is 11.2. The molecule has 0 radical (unpaired) electrons. The Labute approximate surface area is 109 Å². The molecule has 0 fully saturated rings. The standard InChI is InChI=1S/C15H10N4/c1-2-13(10-3-6-16-7-4-10)18-15-11(1)12-9-17-8-5-14(12)19-15/h1-9H,(H,18,19). The molecule has 4 aromatic rings. The number of nitrogens with one attached hydrogen (secondary N) is 1. The first kappa shape index (κ1) is 10.2. The van der Waals surface area contributed by atoms with Crippen LogP contribution in [-0.2, 0) is 0 Å². The number of hydrogen-bond donors (Lipinski definition) is 1. The van der Waals surface area contributed by atoms with Gasteiger partial charge >= 0.3 is 0 Å². The van der Waals surface area contributed by atoms with E-state index in [0.717, 1.165) is 33.2 Å². The van der Waals surface area contributed by atoms with Gasteiger partial charge in [-0.2, -0.15) is 0 Å². The molecule has 4 aromatic heterocycles. The lowest BCUT2D eigenvalue weighted by Gasteiger charge is -1.99. The second kappa shape index (κ2) is 3.88. The van der Waals surface area contributed by atoms with Crippen molar-refractivity contribution in [2.75, 3.05) is 0 Å². The minimum Gasteiger partial charge on any atom is -0.339 e. The maximum Gasteiger partial charge on any atom is 0.139 e. The Bertz CT molecular complexity index is 865. The predicted molar refractivity (Wildman–Crippen MR) is 74.6 cm³/mol. The third-order valence-corrected chi connectivity index (χ3v) is 3.24.